The summed E-state index contributed by atoms with van der Waals surface area (Å²) in [6.45, 7) is 1.93. The normalized spacial score (nSPS) is 11.8. The summed E-state index contributed by atoms with van der Waals surface area (Å²) in [4.78, 5) is 12.0. The van der Waals surface area contributed by atoms with E-state index in [0.717, 1.165) is 16.9 Å². The summed E-state index contributed by atoms with van der Waals surface area (Å²) in [6.07, 6.45) is 0. The van der Waals surface area contributed by atoms with Crippen LogP contribution < -0.4 is 10.1 Å². The number of rotatable bonds is 7. The smallest absolute Gasteiger partial charge is 0.230 e. The molecule has 0 bridgehead atoms. The van der Waals surface area contributed by atoms with Crippen molar-refractivity contribution in [2.45, 2.75) is 18.7 Å². The van der Waals surface area contributed by atoms with Crippen molar-refractivity contribution in [2.24, 2.45) is 0 Å². The number of hydrogen-bond acceptors (Lipinski definition) is 3. The van der Waals surface area contributed by atoms with Crippen LogP contribution in [0.1, 0.15) is 24.1 Å². The summed E-state index contributed by atoms with van der Waals surface area (Å²) in [5.41, 5.74) is 1.95. The maximum absolute atomic E-state index is 12.8. The molecule has 3 nitrogen and oxygen atoms in total. The van der Waals surface area contributed by atoms with Gasteiger partial charge in [0.15, 0.2) is 0 Å². The second-order valence-corrected chi connectivity index (χ2v) is 6.14. The molecule has 2 aromatic carbocycles. The van der Waals surface area contributed by atoms with Gasteiger partial charge < -0.3 is 10.1 Å². The molecule has 0 aliphatic heterocycles. The molecule has 23 heavy (non-hydrogen) atoms. The second-order valence-electron chi connectivity index (χ2n) is 5.15. The average molecular weight is 333 g/mol. The van der Waals surface area contributed by atoms with Gasteiger partial charge in [-0.2, -0.15) is 0 Å². The van der Waals surface area contributed by atoms with Crippen molar-refractivity contribution in [3.63, 3.8) is 0 Å². The van der Waals surface area contributed by atoms with Crippen molar-refractivity contribution in [2.75, 3.05) is 12.9 Å². The molecule has 0 unspecified atom stereocenters. The number of benzene rings is 2. The summed E-state index contributed by atoms with van der Waals surface area (Å²) in [6, 6.07) is 13.8. The molecule has 1 atom stereocenters. The van der Waals surface area contributed by atoms with Gasteiger partial charge >= 0.3 is 0 Å². The van der Waals surface area contributed by atoms with Crippen LogP contribution in [0.2, 0.25) is 0 Å². The van der Waals surface area contributed by atoms with Crippen LogP contribution in [0.3, 0.4) is 0 Å². The number of carbonyl (C=O) groups excluding carboxylic acids is 1. The zero-order chi connectivity index (χ0) is 16.7. The number of thioether (sulfide) groups is 1. The van der Waals surface area contributed by atoms with Gasteiger partial charge in [0, 0.05) is 11.3 Å². The topological polar surface area (TPSA) is 38.3 Å². The van der Waals surface area contributed by atoms with Crippen molar-refractivity contribution in [3.05, 3.63) is 65.5 Å². The third-order valence-electron chi connectivity index (χ3n) is 3.40. The summed E-state index contributed by atoms with van der Waals surface area (Å²) in [7, 11) is 1.62. The van der Waals surface area contributed by atoms with Gasteiger partial charge in [-0.1, -0.05) is 30.3 Å². The van der Waals surface area contributed by atoms with Gasteiger partial charge in [-0.15, -0.1) is 11.8 Å². The van der Waals surface area contributed by atoms with Crippen LogP contribution in [0.5, 0.6) is 5.75 Å². The molecule has 1 amide bonds. The maximum Gasteiger partial charge on any atom is 0.230 e. The third-order valence-corrected chi connectivity index (χ3v) is 4.40. The molecule has 0 aliphatic carbocycles. The van der Waals surface area contributed by atoms with Crippen LogP contribution in [0, 0.1) is 5.82 Å². The molecule has 0 spiro atoms. The van der Waals surface area contributed by atoms with E-state index in [1.54, 1.807) is 19.2 Å². The Kier molecular flexibility index (Phi) is 6.47. The third kappa shape index (κ3) is 5.28. The van der Waals surface area contributed by atoms with Gasteiger partial charge in [-0.3, -0.25) is 4.79 Å². The van der Waals surface area contributed by atoms with Crippen LogP contribution in [0.15, 0.2) is 48.5 Å². The molecule has 2 aromatic rings. The lowest BCUT2D eigenvalue weighted by Gasteiger charge is -2.17. The number of methoxy groups -OCH3 is 1. The molecule has 5 heteroatoms. The van der Waals surface area contributed by atoms with E-state index in [-0.39, 0.29) is 17.8 Å². The summed E-state index contributed by atoms with van der Waals surface area (Å²) >= 11 is 1.50. The molecule has 0 saturated carbocycles. The number of halogens is 1. The fourth-order valence-electron chi connectivity index (χ4n) is 2.23. The quantitative estimate of drug-likeness (QED) is 0.834. The Labute approximate surface area is 140 Å². The highest BCUT2D eigenvalue weighted by Crippen LogP contribution is 2.24. The Bertz CT molecular complexity index is 646. The highest BCUT2D eigenvalue weighted by Gasteiger charge is 2.13. The Morgan fingerprint density at radius 3 is 2.61 bits per heavy atom. The molecular weight excluding hydrogens is 313 g/mol. The summed E-state index contributed by atoms with van der Waals surface area (Å²) in [5, 5.41) is 2.97. The molecule has 0 aromatic heterocycles. The minimum Gasteiger partial charge on any atom is -0.496 e. The lowest BCUT2D eigenvalue weighted by atomic mass is 10.1. The second kappa shape index (κ2) is 8.58. The molecule has 122 valence electrons. The summed E-state index contributed by atoms with van der Waals surface area (Å²) < 4.78 is 18.1. The molecule has 2 rings (SSSR count). The monoisotopic (exact) mass is 333 g/mol. The highest BCUT2D eigenvalue weighted by molar-refractivity contribution is 7.99. The Balaban J connectivity index is 1.81. The minimum absolute atomic E-state index is 0.0319. The van der Waals surface area contributed by atoms with Gasteiger partial charge in [0.1, 0.15) is 11.6 Å². The van der Waals surface area contributed by atoms with E-state index in [9.17, 15) is 9.18 Å². The Hall–Kier alpha value is -2.01. The molecule has 0 radical (unpaired) electrons. The SMILES string of the molecule is COc1ccccc1[C@H](C)NC(=O)CSCc1ccc(F)cc1. The molecule has 1 N–H and O–H groups in total. The van der Waals surface area contributed by atoms with Crippen molar-refractivity contribution in [3.8, 4) is 5.75 Å². The first-order valence-corrected chi connectivity index (χ1v) is 8.50. The lowest BCUT2D eigenvalue weighted by Crippen LogP contribution is -2.28. The summed E-state index contributed by atoms with van der Waals surface area (Å²) in [5.74, 6) is 1.52. The van der Waals surface area contributed by atoms with E-state index in [1.807, 2.05) is 31.2 Å². The van der Waals surface area contributed by atoms with Crippen LogP contribution in [-0.2, 0) is 10.5 Å². The molecule has 0 fully saturated rings. The Morgan fingerprint density at radius 2 is 1.91 bits per heavy atom. The first-order chi connectivity index (χ1) is 11.1. The number of nitrogens with one attached hydrogen (secondary N) is 1. The number of hydrogen-bond donors (Lipinski definition) is 1. The van der Waals surface area contributed by atoms with E-state index >= 15 is 0 Å². The number of para-hydroxylation sites is 1. The van der Waals surface area contributed by atoms with E-state index in [0.29, 0.717) is 11.5 Å². The van der Waals surface area contributed by atoms with Gasteiger partial charge in [0.05, 0.1) is 18.9 Å². The number of carbonyl (C=O) groups is 1. The Morgan fingerprint density at radius 1 is 1.22 bits per heavy atom. The first-order valence-electron chi connectivity index (χ1n) is 7.34. The highest BCUT2D eigenvalue weighted by atomic mass is 32.2. The van der Waals surface area contributed by atoms with E-state index < -0.39 is 0 Å². The number of amides is 1. The van der Waals surface area contributed by atoms with Crippen LogP contribution in [0.25, 0.3) is 0 Å². The van der Waals surface area contributed by atoms with Gasteiger partial charge in [0.2, 0.25) is 5.91 Å². The van der Waals surface area contributed by atoms with E-state index in [2.05, 4.69) is 5.32 Å². The van der Waals surface area contributed by atoms with Crippen molar-refractivity contribution in [1.82, 2.24) is 5.32 Å². The zero-order valence-electron chi connectivity index (χ0n) is 13.2. The van der Waals surface area contributed by atoms with E-state index in [4.69, 9.17) is 4.74 Å². The van der Waals surface area contributed by atoms with Crippen molar-refractivity contribution in [1.29, 1.82) is 0 Å². The van der Waals surface area contributed by atoms with E-state index in [1.165, 1.54) is 23.9 Å². The van der Waals surface area contributed by atoms with Crippen molar-refractivity contribution >= 4 is 17.7 Å². The predicted octanol–water partition coefficient (Wildman–Crippen LogP) is 3.94. The van der Waals surface area contributed by atoms with Crippen molar-refractivity contribution < 1.29 is 13.9 Å². The van der Waals surface area contributed by atoms with Crippen LogP contribution in [-0.4, -0.2) is 18.8 Å². The molecule has 0 aliphatic rings. The first kappa shape index (κ1) is 17.3. The molecule has 0 heterocycles. The fraction of sp³-hybridized carbons (Fsp3) is 0.278. The fourth-order valence-corrected chi connectivity index (χ4v) is 3.03. The molecular formula is C18H20FNO2S. The molecule has 0 saturated heterocycles. The zero-order valence-corrected chi connectivity index (χ0v) is 14.0. The maximum atomic E-state index is 12.8. The average Bonchev–Trinajstić information content (AvgIpc) is 2.56. The largest absolute Gasteiger partial charge is 0.496 e. The number of ether oxygens (including phenoxy) is 1. The van der Waals surface area contributed by atoms with Crippen LogP contribution in [0.4, 0.5) is 4.39 Å². The van der Waals surface area contributed by atoms with Gasteiger partial charge in [-0.25, -0.2) is 4.39 Å². The van der Waals surface area contributed by atoms with Crippen LogP contribution >= 0.6 is 11.8 Å². The lowest BCUT2D eigenvalue weighted by molar-refractivity contribution is -0.119. The van der Waals surface area contributed by atoms with Gasteiger partial charge in [0.25, 0.3) is 0 Å². The predicted molar refractivity (Wildman–Crippen MR) is 92.1 cm³/mol. The minimum atomic E-state index is -0.248. The standard InChI is InChI=1S/C18H20FNO2S/c1-13(16-5-3-4-6-17(16)22-2)20-18(21)12-23-11-14-7-9-15(19)10-8-14/h3-10,13H,11-12H2,1-2H3,(H,20,21)/t13-/m0/s1. The van der Waals surface area contributed by atoms with Gasteiger partial charge in [-0.05, 0) is 30.7 Å².